The molecule has 26 heavy (non-hydrogen) atoms. The van der Waals surface area contributed by atoms with E-state index in [9.17, 15) is 9.59 Å². The molecule has 138 valence electrons. The Hall–Kier alpha value is -2.82. The predicted molar refractivity (Wildman–Crippen MR) is 101 cm³/mol. The van der Waals surface area contributed by atoms with E-state index < -0.39 is 5.97 Å². The van der Waals surface area contributed by atoms with E-state index >= 15 is 0 Å². The van der Waals surface area contributed by atoms with Gasteiger partial charge in [-0.2, -0.15) is 0 Å². The molecule has 0 bridgehead atoms. The number of benzene rings is 2. The Balaban J connectivity index is 1.71. The normalized spacial score (nSPS) is 10.5. The molecule has 5 nitrogen and oxygen atoms in total. The van der Waals surface area contributed by atoms with Crippen molar-refractivity contribution < 1.29 is 19.1 Å². The minimum absolute atomic E-state index is 0.225. The minimum atomic E-state index is -0.397. The van der Waals surface area contributed by atoms with Crippen LogP contribution in [0.4, 0.5) is 5.69 Å². The van der Waals surface area contributed by atoms with Crippen molar-refractivity contribution in [3.63, 3.8) is 0 Å². The number of hydrogen-bond acceptors (Lipinski definition) is 4. The van der Waals surface area contributed by atoms with Crippen LogP contribution in [0.2, 0.25) is 0 Å². The van der Waals surface area contributed by atoms with E-state index in [4.69, 9.17) is 9.47 Å². The molecular formula is C21H25NO4. The summed E-state index contributed by atoms with van der Waals surface area (Å²) in [6, 6.07) is 15.1. The third-order valence-corrected chi connectivity index (χ3v) is 4.00. The lowest BCUT2D eigenvalue weighted by molar-refractivity contribution is -0.147. The molecule has 0 aliphatic rings. The summed E-state index contributed by atoms with van der Waals surface area (Å²) in [6.45, 7) is 3.94. The number of methoxy groups -OCH3 is 1. The number of carbonyl (C=O) groups excluding carboxylic acids is 2. The van der Waals surface area contributed by atoms with Gasteiger partial charge in [0.2, 0.25) is 0 Å². The van der Waals surface area contributed by atoms with Gasteiger partial charge in [-0.25, -0.2) is 0 Å². The summed E-state index contributed by atoms with van der Waals surface area (Å²) >= 11 is 0. The van der Waals surface area contributed by atoms with E-state index in [1.165, 1.54) is 5.56 Å². The molecule has 2 aromatic carbocycles. The molecule has 0 unspecified atom stereocenters. The topological polar surface area (TPSA) is 64.6 Å². The van der Waals surface area contributed by atoms with Crippen LogP contribution in [-0.2, 0) is 20.7 Å². The molecule has 0 saturated heterocycles. The Labute approximate surface area is 154 Å². The van der Waals surface area contributed by atoms with Crippen LogP contribution in [0.5, 0.6) is 5.75 Å². The molecule has 0 atom stereocenters. The maximum Gasteiger partial charge on any atom is 0.306 e. The van der Waals surface area contributed by atoms with Crippen molar-refractivity contribution in [2.24, 2.45) is 0 Å². The number of nitrogens with one attached hydrogen (secondary N) is 1. The Bertz CT molecular complexity index is 721. The van der Waals surface area contributed by atoms with Gasteiger partial charge in [0.15, 0.2) is 6.61 Å². The minimum Gasteiger partial charge on any atom is -0.497 e. The summed E-state index contributed by atoms with van der Waals surface area (Å²) in [4.78, 5) is 23.7. The lowest BCUT2D eigenvalue weighted by atomic mass is 10.0. The smallest absolute Gasteiger partial charge is 0.306 e. The Morgan fingerprint density at radius 3 is 2.23 bits per heavy atom. The highest BCUT2D eigenvalue weighted by molar-refractivity contribution is 5.92. The van der Waals surface area contributed by atoms with E-state index in [1.54, 1.807) is 7.11 Å². The zero-order valence-electron chi connectivity index (χ0n) is 15.5. The first-order valence-electron chi connectivity index (χ1n) is 8.66. The van der Waals surface area contributed by atoms with Gasteiger partial charge in [0.25, 0.3) is 5.91 Å². The van der Waals surface area contributed by atoms with Crippen LogP contribution < -0.4 is 10.1 Å². The number of ether oxygens (including phenoxy) is 2. The highest BCUT2D eigenvalue weighted by Crippen LogP contribution is 2.17. The molecule has 2 aromatic rings. The monoisotopic (exact) mass is 355 g/mol. The third-order valence-electron chi connectivity index (χ3n) is 4.00. The first-order valence-corrected chi connectivity index (χ1v) is 8.66. The largest absolute Gasteiger partial charge is 0.497 e. The first kappa shape index (κ1) is 19.5. The third kappa shape index (κ3) is 6.24. The second-order valence-electron chi connectivity index (χ2n) is 6.33. The van der Waals surface area contributed by atoms with Crippen LogP contribution >= 0.6 is 0 Å². The van der Waals surface area contributed by atoms with Crippen LogP contribution in [-0.4, -0.2) is 25.6 Å². The molecule has 0 aliphatic heterocycles. The van der Waals surface area contributed by atoms with Crippen molar-refractivity contribution in [1.29, 1.82) is 0 Å². The van der Waals surface area contributed by atoms with Crippen molar-refractivity contribution in [2.75, 3.05) is 19.0 Å². The number of hydrogen-bond donors (Lipinski definition) is 1. The van der Waals surface area contributed by atoms with Gasteiger partial charge < -0.3 is 14.8 Å². The van der Waals surface area contributed by atoms with Gasteiger partial charge in [0.1, 0.15) is 5.75 Å². The number of amides is 1. The number of rotatable bonds is 8. The second kappa shape index (κ2) is 9.61. The highest BCUT2D eigenvalue weighted by Gasteiger charge is 2.09. The second-order valence-corrected chi connectivity index (χ2v) is 6.33. The van der Waals surface area contributed by atoms with Crippen molar-refractivity contribution >= 4 is 17.6 Å². The van der Waals surface area contributed by atoms with E-state index in [1.807, 2.05) is 48.5 Å². The summed E-state index contributed by atoms with van der Waals surface area (Å²) in [6.07, 6.45) is 0.782. The molecule has 0 spiro atoms. The van der Waals surface area contributed by atoms with Gasteiger partial charge in [-0.1, -0.05) is 38.1 Å². The fourth-order valence-electron chi connectivity index (χ4n) is 2.41. The van der Waals surface area contributed by atoms with Gasteiger partial charge in [-0.05, 0) is 47.7 Å². The van der Waals surface area contributed by atoms with Crippen LogP contribution in [0, 0.1) is 0 Å². The maximum atomic E-state index is 11.9. The number of aryl methyl sites for hydroxylation is 1. The molecule has 1 N–H and O–H groups in total. The molecule has 0 saturated carbocycles. The molecule has 5 heteroatoms. The molecular weight excluding hydrogens is 330 g/mol. The standard InChI is InChI=1S/C21H25NO4/c1-15(2)17-7-9-18(10-8-17)22-20(23)14-26-21(24)13-6-16-4-11-19(25-3)12-5-16/h4-5,7-12,15H,6,13-14H2,1-3H3,(H,22,23). The van der Waals surface area contributed by atoms with Gasteiger partial charge in [-0.15, -0.1) is 0 Å². The molecule has 0 fully saturated rings. The average Bonchev–Trinajstić information content (AvgIpc) is 2.65. The molecule has 0 radical (unpaired) electrons. The maximum absolute atomic E-state index is 11.9. The molecule has 0 aliphatic carbocycles. The van der Waals surface area contributed by atoms with E-state index in [0.717, 1.165) is 11.3 Å². The molecule has 2 rings (SSSR count). The van der Waals surface area contributed by atoms with Crippen LogP contribution in [0.1, 0.15) is 37.3 Å². The van der Waals surface area contributed by atoms with E-state index in [2.05, 4.69) is 19.2 Å². The summed E-state index contributed by atoms with van der Waals surface area (Å²) in [7, 11) is 1.61. The van der Waals surface area contributed by atoms with Crippen LogP contribution in [0.25, 0.3) is 0 Å². The van der Waals surface area contributed by atoms with E-state index in [-0.39, 0.29) is 18.9 Å². The van der Waals surface area contributed by atoms with Crippen LogP contribution in [0.3, 0.4) is 0 Å². The summed E-state index contributed by atoms with van der Waals surface area (Å²) < 4.78 is 10.1. The average molecular weight is 355 g/mol. The van der Waals surface area contributed by atoms with Gasteiger partial charge in [-0.3, -0.25) is 9.59 Å². The first-order chi connectivity index (χ1) is 12.5. The summed E-state index contributed by atoms with van der Waals surface area (Å²) in [5, 5.41) is 2.72. The molecule has 0 heterocycles. The molecule has 1 amide bonds. The van der Waals surface area contributed by atoms with E-state index in [0.29, 0.717) is 18.0 Å². The zero-order valence-corrected chi connectivity index (χ0v) is 15.5. The van der Waals surface area contributed by atoms with Gasteiger partial charge >= 0.3 is 5.97 Å². The SMILES string of the molecule is COc1ccc(CCC(=O)OCC(=O)Nc2ccc(C(C)C)cc2)cc1. The summed E-state index contributed by atoms with van der Waals surface area (Å²) in [5.41, 5.74) is 2.90. The summed E-state index contributed by atoms with van der Waals surface area (Å²) in [5.74, 6) is 0.465. The lowest BCUT2D eigenvalue weighted by Crippen LogP contribution is -2.21. The number of anilines is 1. The van der Waals surface area contributed by atoms with Crippen LogP contribution in [0.15, 0.2) is 48.5 Å². The zero-order chi connectivity index (χ0) is 18.9. The Kier molecular flexibility index (Phi) is 7.21. The van der Waals surface area contributed by atoms with Crippen molar-refractivity contribution in [3.8, 4) is 5.75 Å². The highest BCUT2D eigenvalue weighted by atomic mass is 16.5. The fraction of sp³-hybridized carbons (Fsp3) is 0.333. The Morgan fingerprint density at radius 2 is 1.65 bits per heavy atom. The van der Waals surface area contributed by atoms with Crippen molar-refractivity contribution in [3.05, 3.63) is 59.7 Å². The van der Waals surface area contributed by atoms with Gasteiger partial charge in [0.05, 0.1) is 7.11 Å². The molecule has 0 aromatic heterocycles. The number of carbonyl (C=O) groups is 2. The van der Waals surface area contributed by atoms with Crippen molar-refractivity contribution in [1.82, 2.24) is 0 Å². The van der Waals surface area contributed by atoms with Gasteiger partial charge in [0, 0.05) is 12.1 Å². The number of esters is 1. The predicted octanol–water partition coefficient (Wildman–Crippen LogP) is 3.93. The fourth-order valence-corrected chi connectivity index (χ4v) is 2.41. The quantitative estimate of drug-likeness (QED) is 0.729. The Morgan fingerprint density at radius 1 is 1.00 bits per heavy atom. The lowest BCUT2D eigenvalue weighted by Gasteiger charge is -2.09. The van der Waals surface area contributed by atoms with Crippen molar-refractivity contribution in [2.45, 2.75) is 32.6 Å².